The van der Waals surface area contributed by atoms with Crippen molar-refractivity contribution in [3.63, 3.8) is 0 Å². The lowest BCUT2D eigenvalue weighted by molar-refractivity contribution is 0.0689. The molecule has 1 aromatic carbocycles. The molecule has 0 bridgehead atoms. The smallest absolute Gasteiger partial charge is 0.357 e. The van der Waals surface area contributed by atoms with Crippen LogP contribution in [-0.2, 0) is 0 Å². The first-order chi connectivity index (χ1) is 8.41. The third-order valence-corrected chi connectivity index (χ3v) is 3.99. The number of nitrogens with zero attached hydrogens (tertiary/aromatic N) is 2. The van der Waals surface area contributed by atoms with Gasteiger partial charge in [-0.05, 0) is 41.6 Å². The minimum absolute atomic E-state index is 0.0108. The van der Waals surface area contributed by atoms with Crippen molar-refractivity contribution in [1.82, 2.24) is 9.78 Å². The Bertz CT molecular complexity index is 642. The summed E-state index contributed by atoms with van der Waals surface area (Å²) < 4.78 is 15.3. The quantitative estimate of drug-likeness (QED) is 0.814. The Kier molecular flexibility index (Phi) is 3.58. The number of hydrogen-bond acceptors (Lipinski definition) is 2. The number of aromatic nitrogens is 2. The molecule has 0 radical (unpaired) electrons. The molecule has 0 saturated carbocycles. The van der Waals surface area contributed by atoms with E-state index in [4.69, 9.17) is 16.7 Å². The fourth-order valence-electron chi connectivity index (χ4n) is 1.49. The fourth-order valence-corrected chi connectivity index (χ4v) is 2.17. The molecular formula is C11H7ClFIN2O2. The molecule has 0 aliphatic carbocycles. The third kappa shape index (κ3) is 2.22. The third-order valence-electron chi connectivity index (χ3n) is 2.39. The second-order valence-electron chi connectivity index (χ2n) is 3.56. The van der Waals surface area contributed by atoms with Gasteiger partial charge in [0.25, 0.3) is 0 Å². The summed E-state index contributed by atoms with van der Waals surface area (Å²) in [4.78, 5) is 11.0. The zero-order chi connectivity index (χ0) is 13.4. The van der Waals surface area contributed by atoms with Gasteiger partial charge in [0, 0.05) is 6.07 Å². The molecule has 7 heteroatoms. The van der Waals surface area contributed by atoms with Gasteiger partial charge in [-0.15, -0.1) is 0 Å². The van der Waals surface area contributed by atoms with Crippen LogP contribution in [0, 0.1) is 16.3 Å². The Morgan fingerprint density at radius 1 is 1.56 bits per heavy atom. The molecule has 0 aliphatic rings. The molecule has 0 amide bonds. The van der Waals surface area contributed by atoms with Crippen molar-refractivity contribution in [1.29, 1.82) is 0 Å². The first kappa shape index (κ1) is 13.3. The van der Waals surface area contributed by atoms with Crippen molar-refractivity contribution in [2.24, 2.45) is 0 Å². The van der Waals surface area contributed by atoms with Crippen molar-refractivity contribution < 1.29 is 14.3 Å². The molecule has 2 rings (SSSR count). The summed E-state index contributed by atoms with van der Waals surface area (Å²) in [7, 11) is 0. The average molecular weight is 381 g/mol. The molecule has 0 saturated heterocycles. The number of hydrogen-bond donors (Lipinski definition) is 1. The summed E-state index contributed by atoms with van der Waals surface area (Å²) in [5.74, 6) is -1.69. The van der Waals surface area contributed by atoms with Crippen LogP contribution in [0.4, 0.5) is 4.39 Å². The van der Waals surface area contributed by atoms with Crippen LogP contribution in [0.3, 0.4) is 0 Å². The topological polar surface area (TPSA) is 55.1 Å². The summed E-state index contributed by atoms with van der Waals surface area (Å²) in [5.41, 5.74) is 1.01. The SMILES string of the molecule is Cc1c(I)c(C(=O)O)nn1-c1ccc(Cl)c(F)c1. The molecular weight excluding hydrogens is 373 g/mol. The van der Waals surface area contributed by atoms with E-state index in [0.29, 0.717) is 15.0 Å². The Balaban J connectivity index is 2.61. The number of halogens is 3. The summed E-state index contributed by atoms with van der Waals surface area (Å²) in [5, 5.41) is 12.9. The number of carboxylic acids is 1. The predicted molar refractivity (Wildman–Crippen MR) is 72.9 cm³/mol. The number of carbonyl (C=O) groups is 1. The van der Waals surface area contributed by atoms with E-state index >= 15 is 0 Å². The highest BCUT2D eigenvalue weighted by Gasteiger charge is 2.19. The maximum atomic E-state index is 13.4. The normalized spacial score (nSPS) is 10.7. The molecule has 1 N–H and O–H groups in total. The van der Waals surface area contributed by atoms with Gasteiger partial charge in [-0.3, -0.25) is 0 Å². The number of benzene rings is 1. The van der Waals surface area contributed by atoms with Crippen molar-refractivity contribution in [3.8, 4) is 5.69 Å². The van der Waals surface area contributed by atoms with Gasteiger partial charge < -0.3 is 5.11 Å². The van der Waals surface area contributed by atoms with Crippen LogP contribution in [0.25, 0.3) is 5.69 Å². The summed E-state index contributed by atoms with van der Waals surface area (Å²) >= 11 is 7.49. The molecule has 0 aliphatic heterocycles. The Morgan fingerprint density at radius 2 is 2.22 bits per heavy atom. The highest BCUT2D eigenvalue weighted by molar-refractivity contribution is 14.1. The van der Waals surface area contributed by atoms with Gasteiger partial charge >= 0.3 is 5.97 Å². The number of rotatable bonds is 2. The van der Waals surface area contributed by atoms with Crippen LogP contribution >= 0.6 is 34.2 Å². The molecule has 1 heterocycles. The van der Waals surface area contributed by atoms with Crippen LogP contribution in [0.5, 0.6) is 0 Å². The standard InChI is InChI=1S/C11H7ClFIN2O2/c1-5-9(14)10(11(17)18)15-16(5)6-2-3-7(12)8(13)4-6/h2-4H,1H3,(H,17,18). The average Bonchev–Trinajstić information content (AvgIpc) is 2.60. The van der Waals surface area contributed by atoms with Crippen molar-refractivity contribution >= 4 is 40.2 Å². The second-order valence-corrected chi connectivity index (χ2v) is 5.05. The molecule has 2 aromatic rings. The molecule has 94 valence electrons. The lowest BCUT2D eigenvalue weighted by atomic mass is 10.3. The molecule has 1 aromatic heterocycles. The maximum absolute atomic E-state index is 13.4. The van der Waals surface area contributed by atoms with Crippen molar-refractivity contribution in [3.05, 3.63) is 44.0 Å². The van der Waals surface area contributed by atoms with Crippen LogP contribution in [0.2, 0.25) is 5.02 Å². The van der Waals surface area contributed by atoms with E-state index in [-0.39, 0.29) is 10.7 Å². The monoisotopic (exact) mass is 380 g/mol. The summed E-state index contributed by atoms with van der Waals surface area (Å²) in [6.45, 7) is 1.72. The van der Waals surface area contributed by atoms with Crippen molar-refractivity contribution in [2.45, 2.75) is 6.92 Å². The van der Waals surface area contributed by atoms with Crippen LogP contribution < -0.4 is 0 Å². The Morgan fingerprint density at radius 3 is 2.72 bits per heavy atom. The van der Waals surface area contributed by atoms with Crippen LogP contribution in [0.1, 0.15) is 16.2 Å². The zero-order valence-electron chi connectivity index (χ0n) is 9.12. The van der Waals surface area contributed by atoms with Gasteiger partial charge in [0.05, 0.1) is 20.0 Å². The minimum atomic E-state index is -1.12. The largest absolute Gasteiger partial charge is 0.476 e. The molecule has 0 unspecified atom stereocenters. The molecule has 4 nitrogen and oxygen atoms in total. The van der Waals surface area contributed by atoms with Gasteiger partial charge in [0.1, 0.15) is 5.82 Å². The Hall–Kier alpha value is -1.15. The summed E-state index contributed by atoms with van der Waals surface area (Å²) in [6, 6.07) is 4.19. The minimum Gasteiger partial charge on any atom is -0.476 e. The molecule has 0 atom stereocenters. The van der Waals surface area contributed by atoms with Gasteiger partial charge in [-0.25, -0.2) is 13.9 Å². The second kappa shape index (κ2) is 4.85. The van der Waals surface area contributed by atoms with Gasteiger partial charge in [-0.1, -0.05) is 11.6 Å². The number of carboxylic acid groups (broad SMARTS) is 1. The summed E-state index contributed by atoms with van der Waals surface area (Å²) in [6.07, 6.45) is 0. The van der Waals surface area contributed by atoms with E-state index in [1.807, 2.05) is 22.6 Å². The highest BCUT2D eigenvalue weighted by Crippen LogP contribution is 2.23. The fraction of sp³-hybridized carbons (Fsp3) is 0.0909. The van der Waals surface area contributed by atoms with E-state index in [2.05, 4.69) is 5.10 Å². The molecule has 18 heavy (non-hydrogen) atoms. The zero-order valence-corrected chi connectivity index (χ0v) is 12.0. The first-order valence-corrected chi connectivity index (χ1v) is 6.31. The Labute approximate surface area is 121 Å². The van der Waals surface area contributed by atoms with Crippen molar-refractivity contribution in [2.75, 3.05) is 0 Å². The highest BCUT2D eigenvalue weighted by atomic mass is 127. The number of aromatic carboxylic acids is 1. The predicted octanol–water partition coefficient (Wildman–Crippen LogP) is 3.28. The first-order valence-electron chi connectivity index (χ1n) is 4.85. The van der Waals surface area contributed by atoms with Crippen LogP contribution in [0.15, 0.2) is 18.2 Å². The molecule has 0 spiro atoms. The van der Waals surface area contributed by atoms with E-state index < -0.39 is 11.8 Å². The van der Waals surface area contributed by atoms with E-state index in [1.54, 1.807) is 13.0 Å². The molecule has 0 fully saturated rings. The van der Waals surface area contributed by atoms with Gasteiger partial charge in [0.15, 0.2) is 5.69 Å². The van der Waals surface area contributed by atoms with Crippen LogP contribution in [-0.4, -0.2) is 20.9 Å². The van der Waals surface area contributed by atoms with Gasteiger partial charge in [0.2, 0.25) is 0 Å². The van der Waals surface area contributed by atoms with E-state index in [1.165, 1.54) is 16.8 Å². The van der Waals surface area contributed by atoms with E-state index in [9.17, 15) is 9.18 Å². The lowest BCUT2D eigenvalue weighted by Gasteiger charge is -2.04. The lowest BCUT2D eigenvalue weighted by Crippen LogP contribution is -2.02. The maximum Gasteiger partial charge on any atom is 0.357 e. The van der Waals surface area contributed by atoms with Gasteiger partial charge in [-0.2, -0.15) is 5.10 Å². The van der Waals surface area contributed by atoms with E-state index in [0.717, 1.165) is 0 Å².